The second-order valence-corrected chi connectivity index (χ2v) is 4.70. The third-order valence-electron chi connectivity index (χ3n) is 3.27. The zero-order chi connectivity index (χ0) is 13.1. The topological polar surface area (TPSA) is 43.8 Å². The Hall–Kier alpha value is -1.46. The monoisotopic (exact) mass is 252 g/mol. The molecule has 1 saturated heterocycles. The highest BCUT2D eigenvalue weighted by molar-refractivity contribution is 5.87. The van der Waals surface area contributed by atoms with Crippen molar-refractivity contribution in [1.29, 1.82) is 0 Å². The van der Waals surface area contributed by atoms with Crippen molar-refractivity contribution in [3.8, 4) is 0 Å². The van der Waals surface area contributed by atoms with Gasteiger partial charge in [-0.25, -0.2) is 9.18 Å². The molecule has 1 aromatic carbocycles. The summed E-state index contributed by atoms with van der Waals surface area (Å²) >= 11 is 0. The molecular formula is C13H17FN2O2. The molecule has 98 valence electrons. The molecule has 0 aromatic heterocycles. The fourth-order valence-electron chi connectivity index (χ4n) is 2.09. The normalized spacial score (nSPS) is 17.9. The highest BCUT2D eigenvalue weighted by atomic mass is 19.1. The number of hydrogen-bond acceptors (Lipinski definition) is 3. The van der Waals surface area contributed by atoms with E-state index in [9.17, 15) is 9.18 Å². The predicted molar refractivity (Wildman–Crippen MR) is 66.1 cm³/mol. The van der Waals surface area contributed by atoms with Crippen LogP contribution in [0.25, 0.3) is 0 Å². The minimum absolute atomic E-state index is 0.267. The third-order valence-corrected chi connectivity index (χ3v) is 3.27. The minimum atomic E-state index is -1.22. The lowest BCUT2D eigenvalue weighted by molar-refractivity contribution is 0.0692. The van der Waals surface area contributed by atoms with Gasteiger partial charge >= 0.3 is 5.97 Å². The molecule has 4 nitrogen and oxygen atoms in total. The molecule has 0 spiro atoms. The number of aromatic carboxylic acids is 1. The fraction of sp³-hybridized carbons (Fsp3) is 0.462. The van der Waals surface area contributed by atoms with Crippen molar-refractivity contribution in [1.82, 2.24) is 9.80 Å². The van der Waals surface area contributed by atoms with Crippen molar-refractivity contribution < 1.29 is 14.3 Å². The Labute approximate surface area is 106 Å². The Kier molecular flexibility index (Phi) is 3.93. The SMILES string of the molecule is CN1CCN(Cc2ccc(C(=O)O)c(F)c2)CC1. The van der Waals surface area contributed by atoms with Gasteiger partial charge in [0.2, 0.25) is 0 Å². The van der Waals surface area contributed by atoms with Gasteiger partial charge in [-0.1, -0.05) is 6.07 Å². The summed E-state index contributed by atoms with van der Waals surface area (Å²) < 4.78 is 13.5. The van der Waals surface area contributed by atoms with Crippen LogP contribution in [0.2, 0.25) is 0 Å². The van der Waals surface area contributed by atoms with E-state index >= 15 is 0 Å². The first kappa shape index (κ1) is 13.0. The number of piperazine rings is 1. The van der Waals surface area contributed by atoms with Crippen molar-refractivity contribution in [2.24, 2.45) is 0 Å². The Bertz CT molecular complexity index is 443. The van der Waals surface area contributed by atoms with Crippen LogP contribution in [0, 0.1) is 5.82 Å². The van der Waals surface area contributed by atoms with Gasteiger partial charge in [0.25, 0.3) is 0 Å². The summed E-state index contributed by atoms with van der Waals surface area (Å²) in [5.41, 5.74) is 0.555. The van der Waals surface area contributed by atoms with E-state index in [0.717, 1.165) is 31.7 Å². The summed E-state index contributed by atoms with van der Waals surface area (Å²) in [6.45, 7) is 4.60. The molecular weight excluding hydrogens is 235 g/mol. The lowest BCUT2D eigenvalue weighted by atomic mass is 10.1. The number of hydrogen-bond donors (Lipinski definition) is 1. The number of likely N-dealkylation sites (N-methyl/N-ethyl adjacent to an activating group) is 1. The summed E-state index contributed by atoms with van der Waals surface area (Å²) in [4.78, 5) is 15.2. The largest absolute Gasteiger partial charge is 0.478 e. The molecule has 0 radical (unpaired) electrons. The molecule has 2 rings (SSSR count). The highest BCUT2D eigenvalue weighted by Crippen LogP contribution is 2.13. The smallest absolute Gasteiger partial charge is 0.338 e. The van der Waals surface area contributed by atoms with Gasteiger partial charge in [-0.3, -0.25) is 4.90 Å². The van der Waals surface area contributed by atoms with Gasteiger partial charge in [-0.2, -0.15) is 0 Å². The standard InChI is InChI=1S/C13H17FN2O2/c1-15-4-6-16(7-5-15)9-10-2-3-11(13(17)18)12(14)8-10/h2-3,8H,4-7,9H2,1H3,(H,17,18). The van der Waals surface area contributed by atoms with E-state index in [-0.39, 0.29) is 5.56 Å². The quantitative estimate of drug-likeness (QED) is 0.880. The first-order valence-electron chi connectivity index (χ1n) is 5.99. The van der Waals surface area contributed by atoms with Crippen molar-refractivity contribution in [3.63, 3.8) is 0 Å². The summed E-state index contributed by atoms with van der Waals surface area (Å²) in [6.07, 6.45) is 0. The average Bonchev–Trinajstić information content (AvgIpc) is 2.32. The van der Waals surface area contributed by atoms with Gasteiger partial charge in [0.1, 0.15) is 5.82 Å². The second kappa shape index (κ2) is 5.46. The van der Waals surface area contributed by atoms with Crippen LogP contribution in [-0.4, -0.2) is 54.1 Å². The van der Waals surface area contributed by atoms with Gasteiger partial charge in [-0.15, -0.1) is 0 Å². The van der Waals surface area contributed by atoms with E-state index in [0.29, 0.717) is 6.54 Å². The molecule has 1 heterocycles. The van der Waals surface area contributed by atoms with Crippen molar-refractivity contribution >= 4 is 5.97 Å². The van der Waals surface area contributed by atoms with E-state index in [1.165, 1.54) is 12.1 Å². The van der Waals surface area contributed by atoms with Crippen LogP contribution in [0.5, 0.6) is 0 Å². The van der Waals surface area contributed by atoms with Crippen molar-refractivity contribution in [2.45, 2.75) is 6.54 Å². The van der Waals surface area contributed by atoms with E-state index in [1.807, 2.05) is 0 Å². The second-order valence-electron chi connectivity index (χ2n) is 4.70. The Morgan fingerprint density at radius 2 is 2.00 bits per heavy atom. The third kappa shape index (κ3) is 3.05. The van der Waals surface area contributed by atoms with Crippen LogP contribution in [0.1, 0.15) is 15.9 Å². The van der Waals surface area contributed by atoms with E-state index < -0.39 is 11.8 Å². The minimum Gasteiger partial charge on any atom is -0.478 e. The Morgan fingerprint density at radius 3 is 2.56 bits per heavy atom. The zero-order valence-electron chi connectivity index (χ0n) is 10.4. The number of carboxylic acid groups (broad SMARTS) is 1. The van der Waals surface area contributed by atoms with Crippen LogP contribution in [0.3, 0.4) is 0 Å². The molecule has 1 aliphatic heterocycles. The van der Waals surface area contributed by atoms with Gasteiger partial charge < -0.3 is 10.0 Å². The molecule has 1 aromatic rings. The molecule has 1 fully saturated rings. The van der Waals surface area contributed by atoms with E-state index in [2.05, 4.69) is 16.8 Å². The van der Waals surface area contributed by atoms with Crippen LogP contribution < -0.4 is 0 Å². The molecule has 0 aliphatic carbocycles. The maximum absolute atomic E-state index is 13.5. The maximum atomic E-state index is 13.5. The highest BCUT2D eigenvalue weighted by Gasteiger charge is 2.15. The summed E-state index contributed by atoms with van der Waals surface area (Å²) in [5, 5.41) is 8.75. The van der Waals surface area contributed by atoms with Crippen LogP contribution in [0.15, 0.2) is 18.2 Å². The number of benzene rings is 1. The summed E-state index contributed by atoms with van der Waals surface area (Å²) in [6, 6.07) is 4.34. The molecule has 18 heavy (non-hydrogen) atoms. The summed E-state index contributed by atoms with van der Waals surface area (Å²) in [5.74, 6) is -1.88. The van der Waals surface area contributed by atoms with Crippen LogP contribution in [0.4, 0.5) is 4.39 Å². The van der Waals surface area contributed by atoms with Crippen LogP contribution in [-0.2, 0) is 6.54 Å². The molecule has 0 atom stereocenters. The summed E-state index contributed by atoms with van der Waals surface area (Å²) in [7, 11) is 2.08. The predicted octanol–water partition coefficient (Wildman–Crippen LogP) is 1.27. The average molecular weight is 252 g/mol. The molecule has 0 unspecified atom stereocenters. The van der Waals surface area contributed by atoms with Crippen LogP contribution >= 0.6 is 0 Å². The number of carbonyl (C=O) groups is 1. The molecule has 1 N–H and O–H groups in total. The Balaban J connectivity index is 2.02. The van der Waals surface area contributed by atoms with Gasteiger partial charge in [-0.05, 0) is 24.7 Å². The number of carboxylic acids is 1. The number of halogens is 1. The molecule has 0 bridgehead atoms. The zero-order valence-corrected chi connectivity index (χ0v) is 10.4. The lowest BCUT2D eigenvalue weighted by Gasteiger charge is -2.32. The lowest BCUT2D eigenvalue weighted by Crippen LogP contribution is -2.43. The van der Waals surface area contributed by atoms with Gasteiger partial charge in [0.15, 0.2) is 0 Å². The molecule has 5 heteroatoms. The molecule has 1 aliphatic rings. The maximum Gasteiger partial charge on any atom is 0.338 e. The molecule has 0 amide bonds. The fourth-order valence-corrected chi connectivity index (χ4v) is 2.09. The van der Waals surface area contributed by atoms with E-state index in [4.69, 9.17) is 5.11 Å². The van der Waals surface area contributed by atoms with Crippen molar-refractivity contribution in [2.75, 3.05) is 33.2 Å². The Morgan fingerprint density at radius 1 is 1.33 bits per heavy atom. The first-order chi connectivity index (χ1) is 8.56. The van der Waals surface area contributed by atoms with Gasteiger partial charge in [0, 0.05) is 32.7 Å². The number of nitrogens with zero attached hydrogens (tertiary/aromatic N) is 2. The molecule has 0 saturated carbocycles. The van der Waals surface area contributed by atoms with Gasteiger partial charge in [0.05, 0.1) is 5.56 Å². The van der Waals surface area contributed by atoms with E-state index in [1.54, 1.807) is 6.07 Å². The van der Waals surface area contributed by atoms with Crippen molar-refractivity contribution in [3.05, 3.63) is 35.1 Å². The number of rotatable bonds is 3. The first-order valence-corrected chi connectivity index (χ1v) is 5.99.